The number of carbonyl (C=O) groups excluding carboxylic acids is 1. The summed E-state index contributed by atoms with van der Waals surface area (Å²) in [5.41, 5.74) is 14.5. The molecule has 0 amide bonds. The molecule has 6 aromatic rings. The Kier molecular flexibility index (Phi) is 15.8. The highest BCUT2D eigenvalue weighted by molar-refractivity contribution is 6.44. The van der Waals surface area contributed by atoms with E-state index in [4.69, 9.17) is 43.7 Å². The van der Waals surface area contributed by atoms with Gasteiger partial charge in [-0.25, -0.2) is 15.0 Å². The van der Waals surface area contributed by atoms with Crippen molar-refractivity contribution in [3.63, 3.8) is 0 Å². The standard InChI is InChI=1S/C68H66N4O6/c1-41-24-42(2)29-50(28-41)40-74-54-17-10-14-51(36-54)65-69-62(61-39-57(23-22-49(61)9)77-60-34-47(7)27-48(8)35-60)20-13-21-63(70-65)64(73)68-72-66(52-15-11-18-55(37-52)75-58-30-43(3)25-44(4)31-58)71-67(78-68)53-16-12-19-56(38-53)76-59-32-45(5)26-46(6)33-59/h10-12,14,16-19,21-32,34-39,52,59,67H,13,15,20,33,40H2,1-9H3. The number of hydrogen-bond donors (Lipinski definition) is 0. The monoisotopic (exact) mass is 1030 g/mol. The summed E-state index contributed by atoms with van der Waals surface area (Å²) in [5.74, 6) is 3.96. The van der Waals surface area contributed by atoms with Crippen molar-refractivity contribution in [3.8, 4) is 28.7 Å². The highest BCUT2D eigenvalue weighted by atomic mass is 16.5. The maximum Gasteiger partial charge on any atom is 0.268 e. The number of ether oxygens (including phenoxy) is 5. The fraction of sp³-hybridized carbons (Fsp3) is 0.250. The van der Waals surface area contributed by atoms with Crippen LogP contribution in [0.2, 0.25) is 0 Å². The molecule has 10 heteroatoms. The fourth-order valence-corrected chi connectivity index (χ4v) is 10.5. The number of hydrogen-bond acceptors (Lipinski definition) is 10. The van der Waals surface area contributed by atoms with Gasteiger partial charge in [0, 0.05) is 29.0 Å². The summed E-state index contributed by atoms with van der Waals surface area (Å²) in [6.45, 7) is 19.0. The van der Waals surface area contributed by atoms with Gasteiger partial charge < -0.3 is 23.7 Å². The van der Waals surface area contributed by atoms with E-state index < -0.39 is 12.0 Å². The molecule has 4 aliphatic rings. The first-order chi connectivity index (χ1) is 37.6. The Morgan fingerprint density at radius 2 is 1.35 bits per heavy atom. The summed E-state index contributed by atoms with van der Waals surface area (Å²) >= 11 is 0. The van der Waals surface area contributed by atoms with Crippen molar-refractivity contribution in [2.45, 2.75) is 107 Å². The van der Waals surface area contributed by atoms with E-state index in [2.05, 4.69) is 111 Å². The lowest BCUT2D eigenvalue weighted by atomic mass is 9.98. The van der Waals surface area contributed by atoms with Crippen molar-refractivity contribution in [2.75, 3.05) is 0 Å². The third kappa shape index (κ3) is 13.3. The maximum absolute atomic E-state index is 15.3. The van der Waals surface area contributed by atoms with Gasteiger partial charge in [-0.2, -0.15) is 4.99 Å². The Balaban J connectivity index is 1.02. The number of ketones is 1. The SMILES string of the molecule is CC1=CC(Oc2cccc(C3N=C(C4C=C(Oc5cc(C)cc(C)c5)C=CC4)N=C(C(=O)C4=CCCC(c5cc(Oc6cc(C)cc(C)c6)ccc5C)=NC(c5cccc(OCc6cc(C)cc(C)c6)c5)=N4)O3)c2)CC(C)=C1. The third-order valence-electron chi connectivity index (χ3n) is 13.7. The lowest BCUT2D eigenvalue weighted by Gasteiger charge is -2.26. The molecule has 78 heavy (non-hydrogen) atoms. The topological polar surface area (TPSA) is 113 Å². The second-order valence-corrected chi connectivity index (χ2v) is 21.1. The van der Waals surface area contributed by atoms with E-state index >= 15 is 4.79 Å². The molecule has 0 radical (unpaired) electrons. The average molecular weight is 1040 g/mol. The number of benzene rings is 6. The van der Waals surface area contributed by atoms with Crippen molar-refractivity contribution in [1.29, 1.82) is 0 Å². The number of Topliss-reactive ketones (excluding diaryl/α,β-unsaturated/α-hetero) is 1. The van der Waals surface area contributed by atoms with Gasteiger partial charge in [-0.05, 0) is 194 Å². The van der Waals surface area contributed by atoms with Gasteiger partial charge in [-0.1, -0.05) is 101 Å². The second kappa shape index (κ2) is 23.3. The molecule has 0 N–H and O–H groups in total. The Morgan fingerprint density at radius 3 is 2.08 bits per heavy atom. The molecule has 3 unspecified atom stereocenters. The van der Waals surface area contributed by atoms with E-state index in [-0.39, 0.29) is 23.6 Å². The van der Waals surface area contributed by atoms with Crippen LogP contribution in [0, 0.1) is 54.4 Å². The molecule has 0 saturated heterocycles. The van der Waals surface area contributed by atoms with Crippen LogP contribution in [0.4, 0.5) is 0 Å². The molecule has 0 bridgehead atoms. The molecule has 2 aliphatic heterocycles. The lowest BCUT2D eigenvalue weighted by molar-refractivity contribution is -0.111. The summed E-state index contributed by atoms with van der Waals surface area (Å²) in [4.78, 5) is 35.9. The smallest absolute Gasteiger partial charge is 0.268 e. The van der Waals surface area contributed by atoms with E-state index in [0.29, 0.717) is 71.7 Å². The maximum atomic E-state index is 15.3. The number of rotatable bonds is 15. The van der Waals surface area contributed by atoms with Gasteiger partial charge in [0.2, 0.25) is 6.23 Å². The predicted molar refractivity (Wildman–Crippen MR) is 313 cm³/mol. The van der Waals surface area contributed by atoms with Gasteiger partial charge in [-0.15, -0.1) is 0 Å². The Morgan fingerprint density at radius 1 is 0.654 bits per heavy atom. The molecule has 0 aromatic heterocycles. The highest BCUT2D eigenvalue weighted by Gasteiger charge is 2.32. The Hall–Kier alpha value is -8.63. The van der Waals surface area contributed by atoms with Crippen molar-refractivity contribution < 1.29 is 28.5 Å². The summed E-state index contributed by atoms with van der Waals surface area (Å²) in [5, 5.41) is 0. The van der Waals surface area contributed by atoms with E-state index in [9.17, 15) is 0 Å². The van der Waals surface area contributed by atoms with Crippen LogP contribution in [-0.2, 0) is 16.1 Å². The van der Waals surface area contributed by atoms with Crippen molar-refractivity contribution in [1.82, 2.24) is 0 Å². The van der Waals surface area contributed by atoms with E-state index in [1.54, 1.807) is 0 Å². The van der Waals surface area contributed by atoms with Crippen molar-refractivity contribution in [2.24, 2.45) is 25.9 Å². The van der Waals surface area contributed by atoms with Gasteiger partial charge >= 0.3 is 0 Å². The molecule has 0 saturated carbocycles. The van der Waals surface area contributed by atoms with Crippen LogP contribution < -0.4 is 18.9 Å². The molecular weight excluding hydrogens is 969 g/mol. The quantitative estimate of drug-likeness (QED) is 0.101. The van der Waals surface area contributed by atoms with Gasteiger partial charge in [0.05, 0.1) is 5.71 Å². The molecule has 10 rings (SSSR count). The van der Waals surface area contributed by atoms with E-state index in [1.165, 1.54) is 16.7 Å². The molecular formula is C68H66N4O6. The fourth-order valence-electron chi connectivity index (χ4n) is 10.5. The van der Waals surface area contributed by atoms with Crippen LogP contribution >= 0.6 is 0 Å². The van der Waals surface area contributed by atoms with Crippen LogP contribution in [0.1, 0.15) is 107 Å². The number of carbonyl (C=O) groups is 1. The molecule has 3 atom stereocenters. The normalized spacial score (nSPS) is 18.2. The van der Waals surface area contributed by atoms with E-state index in [1.807, 2.05) is 109 Å². The minimum atomic E-state index is -0.928. The van der Waals surface area contributed by atoms with E-state index in [0.717, 1.165) is 68.1 Å². The van der Waals surface area contributed by atoms with Gasteiger partial charge in [0.15, 0.2) is 5.84 Å². The van der Waals surface area contributed by atoms with Crippen LogP contribution in [0.15, 0.2) is 200 Å². The number of aryl methyl sites for hydroxylation is 7. The summed E-state index contributed by atoms with van der Waals surface area (Å²) in [6.07, 6.45) is 13.5. The zero-order valence-electron chi connectivity index (χ0n) is 46.0. The third-order valence-corrected chi connectivity index (χ3v) is 13.7. The number of aliphatic imine (C=N–C) groups is 4. The van der Waals surface area contributed by atoms with Gasteiger partial charge in [0.25, 0.3) is 11.7 Å². The number of nitrogens with zero attached hydrogens (tertiary/aromatic N) is 4. The first-order valence-corrected chi connectivity index (χ1v) is 26.8. The van der Waals surface area contributed by atoms with Crippen LogP contribution in [-0.4, -0.2) is 35.2 Å². The average Bonchev–Trinajstić information content (AvgIpc) is 3.42. The zero-order chi connectivity index (χ0) is 54.5. The number of amidine groups is 2. The Labute approximate surface area is 458 Å². The molecule has 0 spiro atoms. The summed E-state index contributed by atoms with van der Waals surface area (Å²) in [7, 11) is 0. The van der Waals surface area contributed by atoms with Gasteiger partial charge in [-0.3, -0.25) is 4.79 Å². The summed E-state index contributed by atoms with van der Waals surface area (Å²) < 4.78 is 32.5. The first-order valence-electron chi connectivity index (χ1n) is 26.8. The van der Waals surface area contributed by atoms with Crippen molar-refractivity contribution >= 4 is 29.1 Å². The van der Waals surface area contributed by atoms with Gasteiger partial charge in [0.1, 0.15) is 58.8 Å². The molecule has 0 fully saturated rings. The predicted octanol–water partition coefficient (Wildman–Crippen LogP) is 15.8. The number of allylic oxidation sites excluding steroid dienone is 5. The lowest BCUT2D eigenvalue weighted by Crippen LogP contribution is -2.29. The first kappa shape index (κ1) is 52.8. The summed E-state index contributed by atoms with van der Waals surface area (Å²) in [6, 6.07) is 40.2. The minimum absolute atomic E-state index is 0.125. The van der Waals surface area contributed by atoms with Crippen LogP contribution in [0.3, 0.4) is 0 Å². The van der Waals surface area contributed by atoms with Crippen LogP contribution in [0.5, 0.6) is 28.7 Å². The van der Waals surface area contributed by atoms with Crippen LogP contribution in [0.25, 0.3) is 0 Å². The Bertz CT molecular complexity index is 3560. The molecule has 6 aromatic carbocycles. The largest absolute Gasteiger partial charge is 0.489 e. The highest BCUT2D eigenvalue weighted by Crippen LogP contribution is 2.34. The molecule has 10 nitrogen and oxygen atoms in total. The minimum Gasteiger partial charge on any atom is -0.489 e. The second-order valence-electron chi connectivity index (χ2n) is 21.1. The van der Waals surface area contributed by atoms with Crippen molar-refractivity contribution in [3.05, 3.63) is 242 Å². The molecule has 394 valence electrons. The molecule has 2 heterocycles. The zero-order valence-corrected chi connectivity index (χ0v) is 46.0. The molecule has 2 aliphatic carbocycles.